The molecule has 6 N–H and O–H groups in total. The molecule has 9 nitrogen and oxygen atoms in total. The third-order valence-electron chi connectivity index (χ3n) is 7.22. The molecule has 5 rings (SSSR count). The minimum absolute atomic E-state index is 0.0748. The molecule has 0 radical (unpaired) electrons. The molecule has 9 heteroatoms. The van der Waals surface area contributed by atoms with Gasteiger partial charge in [0.05, 0.1) is 32.0 Å². The first-order valence-corrected chi connectivity index (χ1v) is 11.4. The lowest BCUT2D eigenvalue weighted by Crippen LogP contribution is -2.96. The van der Waals surface area contributed by atoms with E-state index in [0.29, 0.717) is 24.4 Å². The summed E-state index contributed by atoms with van der Waals surface area (Å²) < 4.78 is 5.53. The second-order valence-corrected chi connectivity index (χ2v) is 8.94. The number of piperidine rings is 1. The number of hydrogen-bond acceptors (Lipinski definition) is 8. The highest BCUT2D eigenvalue weighted by molar-refractivity contribution is 4.92. The highest BCUT2D eigenvalue weighted by atomic mass is 16.7. The van der Waals surface area contributed by atoms with E-state index in [9.17, 15) is 0 Å². The molecule has 0 aromatic heterocycles. The molecule has 5 aliphatic heterocycles. The number of hydroxylamine groups is 1. The molecule has 160 valence electrons. The Balaban J connectivity index is 1.16. The third-order valence-corrected chi connectivity index (χ3v) is 7.22. The fourth-order valence-corrected chi connectivity index (χ4v) is 5.68. The number of hydrogen-bond donors (Lipinski definition) is 5. The first-order chi connectivity index (χ1) is 13.9. The lowest BCUT2D eigenvalue weighted by molar-refractivity contribution is -0.720. The van der Waals surface area contributed by atoms with Crippen LogP contribution >= 0.6 is 0 Å². The number of ether oxygens (including phenoxy) is 1. The Morgan fingerprint density at radius 3 is 2.68 bits per heavy atom. The minimum Gasteiger partial charge on any atom is -0.379 e. The van der Waals surface area contributed by atoms with Crippen LogP contribution in [0.4, 0.5) is 0 Å². The van der Waals surface area contributed by atoms with Crippen LogP contribution in [-0.2, 0) is 9.57 Å². The predicted octanol–water partition coefficient (Wildman–Crippen LogP) is -2.27. The molecule has 5 heterocycles. The minimum atomic E-state index is 0.0748. The Morgan fingerprint density at radius 1 is 0.964 bits per heavy atom. The number of morpholine rings is 1. The van der Waals surface area contributed by atoms with E-state index >= 15 is 0 Å². The Morgan fingerprint density at radius 2 is 1.82 bits per heavy atom. The van der Waals surface area contributed by atoms with Crippen LogP contribution in [-0.4, -0.2) is 93.2 Å². The summed E-state index contributed by atoms with van der Waals surface area (Å²) in [7, 11) is 0. The molecule has 5 saturated heterocycles. The van der Waals surface area contributed by atoms with E-state index in [4.69, 9.17) is 9.57 Å². The van der Waals surface area contributed by atoms with E-state index in [1.54, 1.807) is 0 Å². The van der Waals surface area contributed by atoms with Gasteiger partial charge in [0.25, 0.3) is 0 Å². The molecule has 0 saturated carbocycles. The fourth-order valence-electron chi connectivity index (χ4n) is 5.68. The maximum Gasteiger partial charge on any atom is 0.146 e. The monoisotopic (exact) mass is 396 g/mol. The fraction of sp³-hybridized carbons (Fsp3) is 1.00. The number of rotatable bonds is 4. The van der Waals surface area contributed by atoms with Crippen molar-refractivity contribution < 1.29 is 14.9 Å². The van der Waals surface area contributed by atoms with Crippen molar-refractivity contribution in [3.05, 3.63) is 0 Å². The first kappa shape index (κ1) is 19.6. The molecule has 28 heavy (non-hydrogen) atoms. The van der Waals surface area contributed by atoms with E-state index in [1.807, 2.05) is 0 Å². The van der Waals surface area contributed by atoms with Crippen LogP contribution in [0.15, 0.2) is 0 Å². The van der Waals surface area contributed by atoms with Crippen LogP contribution in [0.2, 0.25) is 0 Å². The van der Waals surface area contributed by atoms with Crippen LogP contribution in [0.3, 0.4) is 0 Å². The third kappa shape index (κ3) is 4.23. The lowest BCUT2D eigenvalue weighted by atomic mass is 9.92. The zero-order chi connectivity index (χ0) is 18.8. The number of likely N-dealkylation sites (tertiary alicyclic amines) is 1. The van der Waals surface area contributed by atoms with E-state index in [0.717, 1.165) is 45.9 Å². The molecule has 0 amide bonds. The van der Waals surface area contributed by atoms with Gasteiger partial charge in [-0.25, -0.2) is 4.90 Å². The van der Waals surface area contributed by atoms with Gasteiger partial charge >= 0.3 is 0 Å². The molecule has 0 aliphatic carbocycles. The van der Waals surface area contributed by atoms with Gasteiger partial charge in [-0.15, -0.1) is 0 Å². The highest BCUT2D eigenvalue weighted by Crippen LogP contribution is 2.27. The van der Waals surface area contributed by atoms with Crippen molar-refractivity contribution in [2.75, 3.05) is 52.5 Å². The molecular weight excluding hydrogens is 358 g/mol. The Hall–Kier alpha value is -0.360. The summed E-state index contributed by atoms with van der Waals surface area (Å²) >= 11 is 0. The zero-order valence-corrected chi connectivity index (χ0v) is 16.9. The van der Waals surface area contributed by atoms with Crippen LogP contribution in [0.25, 0.3) is 0 Å². The summed E-state index contributed by atoms with van der Waals surface area (Å²) in [5.74, 6) is 0.614. The Bertz CT molecular complexity index is 501. The average molecular weight is 397 g/mol. The second-order valence-electron chi connectivity index (χ2n) is 8.94. The summed E-state index contributed by atoms with van der Waals surface area (Å²) in [6.07, 6.45) is 7.31. The molecule has 0 spiro atoms. The van der Waals surface area contributed by atoms with E-state index in [-0.39, 0.29) is 12.4 Å². The van der Waals surface area contributed by atoms with Crippen LogP contribution in [0.5, 0.6) is 0 Å². The van der Waals surface area contributed by atoms with Gasteiger partial charge in [0.1, 0.15) is 18.7 Å². The summed E-state index contributed by atoms with van der Waals surface area (Å²) in [5, 5.41) is 13.6. The standard InChI is InChI=1S/C19H37N7O2/c1-3-15(26(8-1)19-21-5-2-6-22-19)18-23-17(24-28-18)14-4-7-20-16(13-14)25-9-11-27-12-10-25/h14-24H,1-13H2/p+1/t14?,15-,16?,17?,18?/m0/s1. The van der Waals surface area contributed by atoms with Gasteiger partial charge in [-0.2, -0.15) is 5.48 Å². The Kier molecular flexibility index (Phi) is 6.44. The van der Waals surface area contributed by atoms with Crippen molar-refractivity contribution >= 4 is 0 Å². The average Bonchev–Trinajstić information content (AvgIpc) is 3.45. The number of nitrogens with zero attached hydrogens (tertiary/aromatic N) is 2. The van der Waals surface area contributed by atoms with Gasteiger partial charge in [0, 0.05) is 38.4 Å². The number of quaternary nitrogens is 1. The largest absolute Gasteiger partial charge is 0.379 e. The van der Waals surface area contributed by atoms with E-state index in [1.165, 1.54) is 38.6 Å². The molecule has 5 aliphatic rings. The van der Waals surface area contributed by atoms with Gasteiger partial charge in [0.2, 0.25) is 0 Å². The van der Waals surface area contributed by atoms with Gasteiger partial charge in [0.15, 0.2) is 0 Å². The van der Waals surface area contributed by atoms with Crippen molar-refractivity contribution in [2.24, 2.45) is 5.92 Å². The van der Waals surface area contributed by atoms with Gasteiger partial charge in [-0.05, 0) is 32.4 Å². The summed E-state index contributed by atoms with van der Waals surface area (Å²) in [4.78, 5) is 11.3. The van der Waals surface area contributed by atoms with Gasteiger partial charge in [-0.1, -0.05) is 0 Å². The topological polar surface area (TPSA) is 89.7 Å². The smallest absolute Gasteiger partial charge is 0.146 e. The molecule has 0 aromatic rings. The number of nitrogens with two attached hydrogens (primary N) is 1. The zero-order valence-electron chi connectivity index (χ0n) is 16.9. The maximum atomic E-state index is 6.10. The van der Waals surface area contributed by atoms with Crippen molar-refractivity contribution in [3.63, 3.8) is 0 Å². The predicted molar refractivity (Wildman–Crippen MR) is 105 cm³/mol. The number of nitrogens with one attached hydrogen (secondary N) is 4. The highest BCUT2D eigenvalue weighted by Gasteiger charge is 2.44. The quantitative estimate of drug-likeness (QED) is 0.364. The first-order valence-electron chi connectivity index (χ1n) is 11.4. The van der Waals surface area contributed by atoms with Crippen LogP contribution in [0, 0.1) is 5.92 Å². The van der Waals surface area contributed by atoms with Crippen LogP contribution < -0.4 is 26.7 Å². The summed E-state index contributed by atoms with van der Waals surface area (Å²) in [6.45, 7) is 8.42. The molecular formula is C19H38N7O2+. The van der Waals surface area contributed by atoms with E-state index < -0.39 is 0 Å². The van der Waals surface area contributed by atoms with Gasteiger partial charge in [-0.3, -0.25) is 25.7 Å². The van der Waals surface area contributed by atoms with Crippen molar-refractivity contribution in [3.8, 4) is 0 Å². The molecule has 5 atom stereocenters. The van der Waals surface area contributed by atoms with Crippen LogP contribution in [0.1, 0.15) is 32.1 Å². The summed E-state index contributed by atoms with van der Waals surface area (Å²) in [5.41, 5.74) is 3.36. The van der Waals surface area contributed by atoms with Gasteiger partial charge < -0.3 is 10.1 Å². The normalized spacial score (nSPS) is 42.2. The molecule has 0 bridgehead atoms. The lowest BCUT2D eigenvalue weighted by Gasteiger charge is -2.39. The van der Waals surface area contributed by atoms with Crippen molar-refractivity contribution in [2.45, 2.75) is 63.0 Å². The van der Waals surface area contributed by atoms with Crippen molar-refractivity contribution in [1.29, 1.82) is 0 Å². The second kappa shape index (κ2) is 9.20. The van der Waals surface area contributed by atoms with E-state index in [2.05, 4.69) is 36.5 Å². The SMILES string of the molecule is C1CNC(N2CCC[C@H]2C2NC(C3CC[NH2+]C(N4CCOCC4)C3)NO2)NC1. The molecule has 0 aromatic carbocycles. The Labute approximate surface area is 168 Å². The summed E-state index contributed by atoms with van der Waals surface area (Å²) in [6, 6.07) is 0.422. The van der Waals surface area contributed by atoms with Crippen molar-refractivity contribution in [1.82, 2.24) is 31.2 Å². The maximum absolute atomic E-state index is 6.10. The molecule has 4 unspecified atom stereocenters. The molecule has 5 fully saturated rings.